The number of ether oxygens (including phenoxy) is 2. The van der Waals surface area contributed by atoms with Crippen molar-refractivity contribution in [3.8, 4) is 22.8 Å². The van der Waals surface area contributed by atoms with Crippen LogP contribution in [0.1, 0.15) is 11.1 Å². The first-order chi connectivity index (χ1) is 18.8. The van der Waals surface area contributed by atoms with Gasteiger partial charge in [0.1, 0.15) is 4.90 Å². The third-order valence-corrected chi connectivity index (χ3v) is 8.80. The molecule has 3 aromatic carbocycles. The first-order valence-corrected chi connectivity index (χ1v) is 14.4. The zero-order chi connectivity index (χ0) is 27.6. The van der Waals surface area contributed by atoms with E-state index in [1.807, 2.05) is 43.3 Å². The van der Waals surface area contributed by atoms with Gasteiger partial charge in [-0.3, -0.25) is 9.10 Å². The number of carbonyl (C=O) groups is 1. The van der Waals surface area contributed by atoms with Crippen LogP contribution in [0.2, 0.25) is 0 Å². The lowest BCUT2D eigenvalue weighted by molar-refractivity contribution is -0.113. The number of nitrogens with one attached hydrogen (secondary N) is 1. The Bertz CT molecular complexity index is 1640. The molecule has 11 heteroatoms. The Hall–Kier alpha value is -4.09. The van der Waals surface area contributed by atoms with Gasteiger partial charge in [-0.2, -0.15) is 0 Å². The molecular formula is C28H26N4O5S2. The first kappa shape index (κ1) is 26.5. The summed E-state index contributed by atoms with van der Waals surface area (Å²) >= 11 is 1.12. The van der Waals surface area contributed by atoms with Gasteiger partial charge in [0.15, 0.2) is 16.7 Å². The molecule has 0 aliphatic carbocycles. The number of aromatic nitrogens is 2. The lowest BCUT2D eigenvalue weighted by Crippen LogP contribution is -2.34. The van der Waals surface area contributed by atoms with E-state index < -0.39 is 10.0 Å². The molecule has 0 radical (unpaired) electrons. The van der Waals surface area contributed by atoms with Crippen molar-refractivity contribution in [3.63, 3.8) is 0 Å². The van der Waals surface area contributed by atoms with Crippen molar-refractivity contribution in [2.24, 2.45) is 0 Å². The van der Waals surface area contributed by atoms with Gasteiger partial charge >= 0.3 is 0 Å². The highest BCUT2D eigenvalue weighted by atomic mass is 32.2. The van der Waals surface area contributed by atoms with Crippen molar-refractivity contribution in [1.82, 2.24) is 9.97 Å². The normalized spacial score (nSPS) is 13.3. The number of thioether (sulfide) groups is 1. The van der Waals surface area contributed by atoms with Crippen LogP contribution < -0.4 is 19.1 Å². The van der Waals surface area contributed by atoms with E-state index in [2.05, 4.69) is 15.3 Å². The van der Waals surface area contributed by atoms with E-state index in [4.69, 9.17) is 9.47 Å². The molecule has 0 atom stereocenters. The van der Waals surface area contributed by atoms with Gasteiger partial charge in [0, 0.05) is 17.3 Å². The fourth-order valence-electron chi connectivity index (χ4n) is 4.22. The topological polar surface area (TPSA) is 111 Å². The van der Waals surface area contributed by atoms with Crippen molar-refractivity contribution in [3.05, 3.63) is 84.1 Å². The number of nitrogens with zero attached hydrogens (tertiary/aromatic N) is 3. The minimum Gasteiger partial charge on any atom is -0.493 e. The minimum absolute atomic E-state index is 0.0288. The molecule has 0 unspecified atom stereocenters. The number of hydrogen-bond acceptors (Lipinski definition) is 8. The molecule has 0 spiro atoms. The molecule has 0 saturated carbocycles. The van der Waals surface area contributed by atoms with Crippen LogP contribution in [0.4, 0.5) is 11.4 Å². The number of sulfonamides is 1. The molecule has 4 aromatic rings. The molecule has 0 bridgehead atoms. The summed E-state index contributed by atoms with van der Waals surface area (Å²) in [5.74, 6) is 0.809. The number of rotatable bonds is 8. The number of benzene rings is 3. The molecule has 2 heterocycles. The van der Waals surface area contributed by atoms with Crippen molar-refractivity contribution in [2.45, 2.75) is 23.5 Å². The molecule has 1 N–H and O–H groups in total. The van der Waals surface area contributed by atoms with E-state index in [1.54, 1.807) is 30.3 Å². The Morgan fingerprint density at radius 1 is 1.00 bits per heavy atom. The number of carbonyl (C=O) groups excluding carboxylic acids is 1. The standard InChI is InChI=1S/C28H26N4O5S2/c1-18-8-10-19(11-9-18)16-32-22-7-5-4-6-21(22)27-25(39(32,34)35)15-29-28(31-27)38-17-26(33)30-20-12-13-23(36-2)24(14-20)37-3/h4-15H,16-17H2,1-3H3,(H,30,33). The third-order valence-electron chi connectivity index (χ3n) is 6.18. The summed E-state index contributed by atoms with van der Waals surface area (Å²) in [6, 6.07) is 20.1. The number of methoxy groups -OCH3 is 2. The zero-order valence-corrected chi connectivity index (χ0v) is 23.2. The summed E-state index contributed by atoms with van der Waals surface area (Å²) in [5, 5.41) is 3.11. The third kappa shape index (κ3) is 5.41. The summed E-state index contributed by atoms with van der Waals surface area (Å²) < 4.78 is 39.2. The van der Waals surface area contributed by atoms with E-state index in [0.717, 1.165) is 22.9 Å². The van der Waals surface area contributed by atoms with Crippen LogP contribution in [-0.2, 0) is 21.4 Å². The molecule has 1 aliphatic rings. The maximum absolute atomic E-state index is 13.7. The van der Waals surface area contributed by atoms with Crippen LogP contribution in [0.15, 0.2) is 83.0 Å². The summed E-state index contributed by atoms with van der Waals surface area (Å²) in [4.78, 5) is 21.5. The highest BCUT2D eigenvalue weighted by Crippen LogP contribution is 2.42. The number of hydrogen-bond donors (Lipinski definition) is 1. The molecule has 5 rings (SSSR count). The van der Waals surface area contributed by atoms with Gasteiger partial charge in [-0.1, -0.05) is 59.8 Å². The number of aryl methyl sites for hydroxylation is 1. The maximum Gasteiger partial charge on any atom is 0.268 e. The molecule has 39 heavy (non-hydrogen) atoms. The monoisotopic (exact) mass is 562 g/mol. The van der Waals surface area contributed by atoms with E-state index in [0.29, 0.717) is 39.3 Å². The average Bonchev–Trinajstić information content (AvgIpc) is 2.95. The Balaban J connectivity index is 1.37. The van der Waals surface area contributed by atoms with Gasteiger partial charge in [-0.05, 0) is 30.7 Å². The van der Waals surface area contributed by atoms with E-state index in [-0.39, 0.29) is 23.1 Å². The molecule has 1 amide bonds. The molecule has 0 saturated heterocycles. The molecule has 200 valence electrons. The number of fused-ring (bicyclic) bond motifs is 3. The molecule has 1 aromatic heterocycles. The predicted molar refractivity (Wildman–Crippen MR) is 151 cm³/mol. The van der Waals surface area contributed by atoms with Crippen LogP contribution in [0, 0.1) is 6.92 Å². The van der Waals surface area contributed by atoms with Crippen LogP contribution in [0.5, 0.6) is 11.5 Å². The maximum atomic E-state index is 13.7. The van der Waals surface area contributed by atoms with Gasteiger partial charge in [0.2, 0.25) is 5.91 Å². The quantitative estimate of drug-likeness (QED) is 0.238. The lowest BCUT2D eigenvalue weighted by atomic mass is 10.1. The largest absolute Gasteiger partial charge is 0.493 e. The number of para-hydroxylation sites is 1. The first-order valence-electron chi connectivity index (χ1n) is 12.0. The highest BCUT2D eigenvalue weighted by molar-refractivity contribution is 7.99. The summed E-state index contributed by atoms with van der Waals surface area (Å²) in [6.45, 7) is 2.17. The van der Waals surface area contributed by atoms with Gasteiger partial charge in [0.25, 0.3) is 10.0 Å². The van der Waals surface area contributed by atoms with Crippen molar-refractivity contribution in [1.29, 1.82) is 0 Å². The minimum atomic E-state index is -3.91. The summed E-state index contributed by atoms with van der Waals surface area (Å²) in [6.07, 6.45) is 1.32. The average molecular weight is 563 g/mol. The Morgan fingerprint density at radius 3 is 2.49 bits per heavy atom. The van der Waals surface area contributed by atoms with Crippen molar-refractivity contribution < 1.29 is 22.7 Å². The van der Waals surface area contributed by atoms with Gasteiger partial charge in [-0.25, -0.2) is 18.4 Å². The van der Waals surface area contributed by atoms with Crippen LogP contribution in [0.3, 0.4) is 0 Å². The van der Waals surface area contributed by atoms with Crippen LogP contribution >= 0.6 is 11.8 Å². The number of amides is 1. The Morgan fingerprint density at radius 2 is 1.74 bits per heavy atom. The molecule has 0 fully saturated rings. The van der Waals surface area contributed by atoms with Crippen molar-refractivity contribution >= 4 is 39.1 Å². The van der Waals surface area contributed by atoms with Gasteiger partial charge in [-0.15, -0.1) is 0 Å². The second-order valence-corrected chi connectivity index (χ2v) is 11.6. The predicted octanol–water partition coefficient (Wildman–Crippen LogP) is 4.91. The molecule has 1 aliphatic heterocycles. The smallest absolute Gasteiger partial charge is 0.268 e. The van der Waals surface area contributed by atoms with Gasteiger partial charge in [0.05, 0.1) is 44.1 Å². The SMILES string of the molecule is COc1ccc(NC(=O)CSc2ncc3c(n2)-c2ccccc2N(Cc2ccc(C)cc2)S3(=O)=O)cc1OC. The lowest BCUT2D eigenvalue weighted by Gasteiger charge is -2.31. The molecule has 9 nitrogen and oxygen atoms in total. The summed E-state index contributed by atoms with van der Waals surface area (Å²) in [7, 11) is -0.849. The Labute approximate surface area is 231 Å². The van der Waals surface area contributed by atoms with E-state index in [9.17, 15) is 13.2 Å². The Kier molecular flexibility index (Phi) is 7.45. The van der Waals surface area contributed by atoms with E-state index >= 15 is 0 Å². The second-order valence-electron chi connectivity index (χ2n) is 8.79. The highest BCUT2D eigenvalue weighted by Gasteiger charge is 2.36. The van der Waals surface area contributed by atoms with Crippen LogP contribution in [0.25, 0.3) is 11.3 Å². The van der Waals surface area contributed by atoms with E-state index in [1.165, 1.54) is 24.7 Å². The van der Waals surface area contributed by atoms with Crippen molar-refractivity contribution in [2.75, 3.05) is 29.6 Å². The molecular weight excluding hydrogens is 536 g/mol. The number of anilines is 2. The zero-order valence-electron chi connectivity index (χ0n) is 21.5. The summed E-state index contributed by atoms with van der Waals surface area (Å²) in [5.41, 5.74) is 4.08. The second kappa shape index (κ2) is 11.0. The fourth-order valence-corrected chi connectivity index (χ4v) is 6.39. The fraction of sp³-hybridized carbons (Fsp3) is 0.179. The van der Waals surface area contributed by atoms with Gasteiger partial charge < -0.3 is 14.8 Å². The van der Waals surface area contributed by atoms with Crippen LogP contribution in [-0.4, -0.2) is 44.3 Å².